The molecule has 2 heterocycles. The van der Waals surface area contributed by atoms with E-state index in [9.17, 15) is 9.59 Å². The zero-order valence-corrected chi connectivity index (χ0v) is 15.7. The summed E-state index contributed by atoms with van der Waals surface area (Å²) in [5, 5.41) is 9.43. The Morgan fingerprint density at radius 2 is 2.19 bits per heavy atom. The van der Waals surface area contributed by atoms with Crippen LogP contribution in [0, 0.1) is 6.92 Å². The van der Waals surface area contributed by atoms with Crippen LogP contribution in [0.25, 0.3) is 0 Å². The quantitative estimate of drug-likeness (QED) is 0.776. The van der Waals surface area contributed by atoms with Crippen LogP contribution in [0.5, 0.6) is 11.5 Å². The van der Waals surface area contributed by atoms with E-state index in [1.54, 1.807) is 18.1 Å². The molecule has 1 aromatic carbocycles. The Labute approximate surface area is 157 Å². The predicted octanol–water partition coefficient (Wildman–Crippen LogP) is 2.08. The third-order valence-electron chi connectivity index (χ3n) is 4.48. The van der Waals surface area contributed by atoms with Crippen molar-refractivity contribution in [3.05, 3.63) is 35.5 Å². The normalized spacial score (nSPS) is 16.5. The zero-order valence-electron chi connectivity index (χ0n) is 15.7. The van der Waals surface area contributed by atoms with Gasteiger partial charge in [0.25, 0.3) is 0 Å². The van der Waals surface area contributed by atoms with Crippen molar-refractivity contribution in [2.75, 3.05) is 32.1 Å². The van der Waals surface area contributed by atoms with Crippen LogP contribution in [0.4, 0.5) is 5.82 Å². The molecule has 1 atom stereocenters. The summed E-state index contributed by atoms with van der Waals surface area (Å²) in [6.07, 6.45) is 0.368. The van der Waals surface area contributed by atoms with Gasteiger partial charge >= 0.3 is 0 Å². The molecule has 1 saturated heterocycles. The second-order valence-corrected chi connectivity index (χ2v) is 6.50. The lowest BCUT2D eigenvalue weighted by atomic mass is 9.98. The number of H-pyrrole nitrogens is 1. The first kappa shape index (κ1) is 18.8. The Balaban J connectivity index is 1.64. The predicted molar refractivity (Wildman–Crippen MR) is 100 cm³/mol. The van der Waals surface area contributed by atoms with Gasteiger partial charge in [-0.3, -0.25) is 14.7 Å². The number of amides is 2. The van der Waals surface area contributed by atoms with Gasteiger partial charge in [0.2, 0.25) is 11.8 Å². The van der Waals surface area contributed by atoms with Crippen molar-refractivity contribution in [1.29, 1.82) is 0 Å². The summed E-state index contributed by atoms with van der Waals surface area (Å²) in [6, 6.07) is 7.44. The summed E-state index contributed by atoms with van der Waals surface area (Å²) in [4.78, 5) is 26.1. The maximum atomic E-state index is 12.4. The van der Waals surface area contributed by atoms with Gasteiger partial charge in [0, 0.05) is 30.6 Å². The van der Waals surface area contributed by atoms with E-state index < -0.39 is 0 Å². The van der Waals surface area contributed by atoms with E-state index >= 15 is 0 Å². The highest BCUT2D eigenvalue weighted by Crippen LogP contribution is 2.34. The van der Waals surface area contributed by atoms with Crippen molar-refractivity contribution < 1.29 is 19.1 Å². The van der Waals surface area contributed by atoms with Crippen LogP contribution >= 0.6 is 0 Å². The van der Waals surface area contributed by atoms with Crippen molar-refractivity contribution in [3.8, 4) is 11.5 Å². The maximum absolute atomic E-state index is 12.4. The number of rotatable bonds is 7. The Morgan fingerprint density at radius 1 is 1.37 bits per heavy atom. The highest BCUT2D eigenvalue weighted by molar-refractivity contribution is 5.94. The molecule has 8 heteroatoms. The number of ether oxygens (including phenoxy) is 2. The third-order valence-corrected chi connectivity index (χ3v) is 4.48. The monoisotopic (exact) mass is 372 g/mol. The van der Waals surface area contributed by atoms with Crippen molar-refractivity contribution in [1.82, 2.24) is 15.1 Å². The van der Waals surface area contributed by atoms with Gasteiger partial charge in [0.15, 0.2) is 17.3 Å². The lowest BCUT2D eigenvalue weighted by Crippen LogP contribution is -2.34. The van der Waals surface area contributed by atoms with Gasteiger partial charge < -0.3 is 19.7 Å². The fraction of sp³-hybridized carbons (Fsp3) is 0.421. The highest BCUT2D eigenvalue weighted by atomic mass is 16.5. The first-order valence-electron chi connectivity index (χ1n) is 8.90. The first-order valence-corrected chi connectivity index (χ1v) is 8.90. The van der Waals surface area contributed by atoms with E-state index in [0.717, 1.165) is 11.3 Å². The van der Waals surface area contributed by atoms with Crippen LogP contribution in [-0.2, 0) is 9.59 Å². The topological polar surface area (TPSA) is 96.6 Å². The smallest absolute Gasteiger partial charge is 0.245 e. The standard InChI is InChI=1S/C19H24N4O4/c1-4-27-16-8-13(5-6-15(16)26-3)14-9-19(25)23(10-14)11-18(24)20-17-7-12(2)21-22-17/h5-8,14H,4,9-11H2,1-3H3,(H2,20,21,22,24)/t14-/m1/s1. The molecule has 1 fully saturated rings. The largest absolute Gasteiger partial charge is 0.493 e. The van der Waals surface area contributed by atoms with Crippen LogP contribution < -0.4 is 14.8 Å². The number of carbonyl (C=O) groups excluding carboxylic acids is 2. The van der Waals surface area contributed by atoms with Gasteiger partial charge in [-0.2, -0.15) is 5.10 Å². The number of hydrogen-bond acceptors (Lipinski definition) is 5. The molecule has 0 spiro atoms. The molecule has 1 aliphatic heterocycles. The molecule has 27 heavy (non-hydrogen) atoms. The fourth-order valence-corrected chi connectivity index (χ4v) is 3.20. The fourth-order valence-electron chi connectivity index (χ4n) is 3.20. The summed E-state index contributed by atoms with van der Waals surface area (Å²) in [5.74, 6) is 1.49. The minimum atomic E-state index is -0.264. The van der Waals surface area contributed by atoms with Gasteiger partial charge in [-0.25, -0.2) is 0 Å². The molecule has 3 rings (SSSR count). The van der Waals surface area contributed by atoms with Crippen LogP contribution in [0.1, 0.15) is 30.5 Å². The van der Waals surface area contributed by atoms with Crippen molar-refractivity contribution >= 4 is 17.6 Å². The molecule has 0 radical (unpaired) electrons. The Morgan fingerprint density at radius 3 is 2.85 bits per heavy atom. The van der Waals surface area contributed by atoms with Gasteiger partial charge in [0.05, 0.1) is 20.3 Å². The number of aromatic nitrogens is 2. The maximum Gasteiger partial charge on any atom is 0.245 e. The lowest BCUT2D eigenvalue weighted by Gasteiger charge is -2.17. The van der Waals surface area contributed by atoms with Crippen LogP contribution in [0.3, 0.4) is 0 Å². The molecular weight excluding hydrogens is 348 g/mol. The minimum absolute atomic E-state index is 0.00964. The van der Waals surface area contributed by atoms with Gasteiger partial charge in [-0.05, 0) is 31.5 Å². The number of benzene rings is 1. The van der Waals surface area contributed by atoms with E-state index in [2.05, 4.69) is 15.5 Å². The average molecular weight is 372 g/mol. The molecule has 144 valence electrons. The summed E-state index contributed by atoms with van der Waals surface area (Å²) in [5.41, 5.74) is 1.85. The van der Waals surface area contributed by atoms with Gasteiger partial charge in [0.1, 0.15) is 0 Å². The molecule has 0 saturated carbocycles. The minimum Gasteiger partial charge on any atom is -0.493 e. The number of anilines is 1. The molecule has 0 bridgehead atoms. The second-order valence-electron chi connectivity index (χ2n) is 6.50. The number of hydrogen-bond donors (Lipinski definition) is 2. The summed E-state index contributed by atoms with van der Waals surface area (Å²) in [6.45, 7) is 4.79. The summed E-state index contributed by atoms with van der Waals surface area (Å²) < 4.78 is 10.9. The molecule has 1 aromatic heterocycles. The number of carbonyl (C=O) groups is 2. The van der Waals surface area contributed by atoms with E-state index in [4.69, 9.17) is 9.47 Å². The molecule has 2 aromatic rings. The number of likely N-dealkylation sites (tertiary alicyclic amines) is 1. The third kappa shape index (κ3) is 4.39. The highest BCUT2D eigenvalue weighted by Gasteiger charge is 2.32. The molecule has 1 aliphatic rings. The second kappa shape index (κ2) is 8.11. The van der Waals surface area contributed by atoms with Crippen LogP contribution in [-0.4, -0.2) is 53.7 Å². The van der Waals surface area contributed by atoms with Crippen molar-refractivity contribution in [2.24, 2.45) is 0 Å². The van der Waals surface area contributed by atoms with Gasteiger partial charge in [-0.15, -0.1) is 0 Å². The summed E-state index contributed by atoms with van der Waals surface area (Å²) in [7, 11) is 1.60. The Hall–Kier alpha value is -3.03. The molecule has 2 N–H and O–H groups in total. The molecule has 2 amide bonds. The van der Waals surface area contributed by atoms with Crippen LogP contribution in [0.2, 0.25) is 0 Å². The Kier molecular flexibility index (Phi) is 5.63. The van der Waals surface area contributed by atoms with E-state index in [1.807, 2.05) is 32.0 Å². The first-order chi connectivity index (χ1) is 13.0. The van der Waals surface area contributed by atoms with Crippen molar-refractivity contribution in [3.63, 3.8) is 0 Å². The molecule has 8 nitrogen and oxygen atoms in total. The average Bonchev–Trinajstić information content (AvgIpc) is 3.21. The number of aromatic amines is 1. The number of nitrogens with one attached hydrogen (secondary N) is 2. The molecule has 0 unspecified atom stereocenters. The number of nitrogens with zero attached hydrogens (tertiary/aromatic N) is 2. The van der Waals surface area contributed by atoms with E-state index in [1.165, 1.54) is 0 Å². The molecular formula is C19H24N4O4. The van der Waals surface area contributed by atoms with E-state index in [0.29, 0.717) is 36.9 Å². The SMILES string of the molecule is CCOc1cc([C@@H]2CC(=O)N(CC(=O)Nc3cc(C)[nH]n3)C2)ccc1OC. The zero-order chi connectivity index (χ0) is 19.4. The number of aryl methyl sites for hydroxylation is 1. The summed E-state index contributed by atoms with van der Waals surface area (Å²) >= 11 is 0. The molecule has 0 aliphatic carbocycles. The van der Waals surface area contributed by atoms with Crippen LogP contribution in [0.15, 0.2) is 24.3 Å². The lowest BCUT2D eigenvalue weighted by molar-refractivity contribution is -0.131. The van der Waals surface area contributed by atoms with Crippen molar-refractivity contribution in [2.45, 2.75) is 26.2 Å². The Bertz CT molecular complexity index is 833. The van der Waals surface area contributed by atoms with Gasteiger partial charge in [-0.1, -0.05) is 6.07 Å². The number of methoxy groups -OCH3 is 1. The van der Waals surface area contributed by atoms with E-state index in [-0.39, 0.29) is 24.3 Å².